The number of aromatic amines is 1. The summed E-state index contributed by atoms with van der Waals surface area (Å²) in [4.78, 5) is 7.37. The van der Waals surface area contributed by atoms with Gasteiger partial charge in [-0.05, 0) is 32.3 Å². The Balaban J connectivity index is 2.20. The van der Waals surface area contributed by atoms with Crippen molar-refractivity contribution in [1.82, 2.24) is 15.3 Å². The van der Waals surface area contributed by atoms with E-state index >= 15 is 0 Å². The van der Waals surface area contributed by atoms with Gasteiger partial charge in [0.2, 0.25) is 0 Å². The third-order valence-corrected chi connectivity index (χ3v) is 2.80. The normalized spacial score (nSPS) is 13.1. The fourth-order valence-electron chi connectivity index (χ4n) is 1.24. The summed E-state index contributed by atoms with van der Waals surface area (Å²) in [6.07, 6.45) is 5.25. The SMILES string of the molecule is CSCCC(C)NCc1cnc(C)[nH]1. The van der Waals surface area contributed by atoms with Crippen LogP contribution in [0.1, 0.15) is 24.9 Å². The Hall–Kier alpha value is -0.480. The summed E-state index contributed by atoms with van der Waals surface area (Å²) < 4.78 is 0. The quantitative estimate of drug-likeness (QED) is 0.759. The minimum atomic E-state index is 0.575. The van der Waals surface area contributed by atoms with Crippen LogP contribution in [0.25, 0.3) is 0 Å². The van der Waals surface area contributed by atoms with Crippen molar-refractivity contribution in [2.45, 2.75) is 32.9 Å². The fourth-order valence-corrected chi connectivity index (χ4v) is 1.83. The molecule has 0 aliphatic heterocycles. The summed E-state index contributed by atoms with van der Waals surface area (Å²) >= 11 is 1.90. The molecule has 1 atom stereocenters. The van der Waals surface area contributed by atoms with Crippen molar-refractivity contribution < 1.29 is 0 Å². The number of nitrogens with one attached hydrogen (secondary N) is 2. The van der Waals surface area contributed by atoms with E-state index in [9.17, 15) is 0 Å². The lowest BCUT2D eigenvalue weighted by molar-refractivity contribution is 0.533. The molecule has 4 heteroatoms. The number of aromatic nitrogens is 2. The molecule has 80 valence electrons. The zero-order valence-electron chi connectivity index (χ0n) is 9.13. The van der Waals surface area contributed by atoms with Gasteiger partial charge in [-0.2, -0.15) is 11.8 Å². The van der Waals surface area contributed by atoms with E-state index < -0.39 is 0 Å². The summed E-state index contributed by atoms with van der Waals surface area (Å²) in [5, 5.41) is 3.46. The molecule has 1 unspecified atom stereocenters. The van der Waals surface area contributed by atoms with Gasteiger partial charge in [0.15, 0.2) is 0 Å². The Kier molecular flexibility index (Phi) is 5.04. The van der Waals surface area contributed by atoms with Gasteiger partial charge >= 0.3 is 0 Å². The molecule has 1 aromatic rings. The van der Waals surface area contributed by atoms with Crippen molar-refractivity contribution in [2.75, 3.05) is 12.0 Å². The van der Waals surface area contributed by atoms with Crippen molar-refractivity contribution in [3.63, 3.8) is 0 Å². The number of hydrogen-bond acceptors (Lipinski definition) is 3. The fraction of sp³-hybridized carbons (Fsp3) is 0.700. The van der Waals surface area contributed by atoms with E-state index in [0.29, 0.717) is 6.04 Å². The molecule has 0 radical (unpaired) electrons. The number of hydrogen-bond donors (Lipinski definition) is 2. The van der Waals surface area contributed by atoms with E-state index in [1.165, 1.54) is 17.9 Å². The van der Waals surface area contributed by atoms with Crippen molar-refractivity contribution in [1.29, 1.82) is 0 Å². The predicted octanol–water partition coefficient (Wildman–Crippen LogP) is 1.95. The molecule has 0 saturated heterocycles. The summed E-state index contributed by atoms with van der Waals surface area (Å²) in [5.41, 5.74) is 1.17. The first-order valence-electron chi connectivity index (χ1n) is 4.95. The molecule has 0 aromatic carbocycles. The van der Waals surface area contributed by atoms with Gasteiger partial charge in [0.1, 0.15) is 5.82 Å². The van der Waals surface area contributed by atoms with Crippen LogP contribution in [0.4, 0.5) is 0 Å². The first-order valence-corrected chi connectivity index (χ1v) is 6.34. The largest absolute Gasteiger partial charge is 0.345 e. The molecule has 3 nitrogen and oxygen atoms in total. The van der Waals surface area contributed by atoms with Crippen LogP contribution >= 0.6 is 11.8 Å². The van der Waals surface area contributed by atoms with E-state index in [-0.39, 0.29) is 0 Å². The highest BCUT2D eigenvalue weighted by molar-refractivity contribution is 7.98. The standard InChI is InChI=1S/C10H19N3S/c1-8(4-5-14-3)11-6-10-7-12-9(2)13-10/h7-8,11H,4-6H2,1-3H3,(H,12,13). The van der Waals surface area contributed by atoms with Crippen molar-refractivity contribution in [3.05, 3.63) is 17.7 Å². The molecule has 0 aliphatic rings. The highest BCUT2D eigenvalue weighted by atomic mass is 32.2. The first-order chi connectivity index (χ1) is 6.72. The minimum Gasteiger partial charge on any atom is -0.345 e. The van der Waals surface area contributed by atoms with Crippen LogP contribution in [0.15, 0.2) is 6.20 Å². The maximum Gasteiger partial charge on any atom is 0.103 e. The summed E-state index contributed by atoms with van der Waals surface area (Å²) in [6, 6.07) is 0.575. The van der Waals surface area contributed by atoms with Gasteiger partial charge < -0.3 is 10.3 Å². The zero-order valence-corrected chi connectivity index (χ0v) is 9.95. The molecule has 1 heterocycles. The maximum absolute atomic E-state index is 4.16. The second kappa shape index (κ2) is 6.09. The molecular formula is C10H19N3S. The van der Waals surface area contributed by atoms with Crippen molar-refractivity contribution in [2.24, 2.45) is 0 Å². The van der Waals surface area contributed by atoms with Crippen LogP contribution in [0, 0.1) is 6.92 Å². The molecule has 1 aromatic heterocycles. The first kappa shape index (κ1) is 11.6. The molecule has 2 N–H and O–H groups in total. The topological polar surface area (TPSA) is 40.7 Å². The van der Waals surface area contributed by atoms with Crippen LogP contribution in [0.2, 0.25) is 0 Å². The Bertz CT molecular complexity index is 260. The average Bonchev–Trinajstić information content (AvgIpc) is 2.58. The minimum absolute atomic E-state index is 0.575. The molecule has 0 amide bonds. The molecule has 14 heavy (non-hydrogen) atoms. The van der Waals surface area contributed by atoms with Gasteiger partial charge in [-0.15, -0.1) is 0 Å². The highest BCUT2D eigenvalue weighted by Gasteiger charge is 2.01. The average molecular weight is 213 g/mol. The molecule has 0 bridgehead atoms. The number of rotatable bonds is 6. The van der Waals surface area contributed by atoms with E-state index in [1.807, 2.05) is 24.9 Å². The van der Waals surface area contributed by atoms with E-state index in [4.69, 9.17) is 0 Å². The number of aryl methyl sites for hydroxylation is 1. The van der Waals surface area contributed by atoms with Crippen LogP contribution in [-0.4, -0.2) is 28.0 Å². The second-order valence-corrected chi connectivity index (χ2v) is 4.54. The number of imidazole rings is 1. The van der Waals surface area contributed by atoms with Crippen molar-refractivity contribution >= 4 is 11.8 Å². The Labute approximate surface area is 90.1 Å². The van der Waals surface area contributed by atoms with Crippen LogP contribution < -0.4 is 5.32 Å². The highest BCUT2D eigenvalue weighted by Crippen LogP contribution is 2.01. The summed E-state index contributed by atoms with van der Waals surface area (Å²) in [5.74, 6) is 2.20. The monoisotopic (exact) mass is 213 g/mol. The molecule has 0 fully saturated rings. The van der Waals surface area contributed by atoms with Gasteiger partial charge in [-0.25, -0.2) is 4.98 Å². The number of H-pyrrole nitrogens is 1. The Morgan fingerprint density at radius 2 is 2.43 bits per heavy atom. The van der Waals surface area contributed by atoms with Gasteiger partial charge in [0.05, 0.1) is 0 Å². The molecule has 0 aliphatic carbocycles. The maximum atomic E-state index is 4.16. The van der Waals surface area contributed by atoms with Gasteiger partial charge in [-0.1, -0.05) is 0 Å². The van der Waals surface area contributed by atoms with Gasteiger partial charge in [0, 0.05) is 24.5 Å². The molecule has 1 rings (SSSR count). The lowest BCUT2D eigenvalue weighted by Gasteiger charge is -2.11. The van der Waals surface area contributed by atoms with E-state index in [1.54, 1.807) is 0 Å². The lowest BCUT2D eigenvalue weighted by Crippen LogP contribution is -2.26. The third-order valence-electron chi connectivity index (χ3n) is 2.15. The molecule has 0 saturated carbocycles. The third kappa shape index (κ3) is 4.15. The smallest absolute Gasteiger partial charge is 0.103 e. The van der Waals surface area contributed by atoms with E-state index in [0.717, 1.165) is 12.4 Å². The zero-order chi connectivity index (χ0) is 10.4. The number of nitrogens with zero attached hydrogens (tertiary/aromatic N) is 1. The number of thioether (sulfide) groups is 1. The second-order valence-electron chi connectivity index (χ2n) is 3.56. The lowest BCUT2D eigenvalue weighted by atomic mass is 10.2. The Morgan fingerprint density at radius 3 is 3.00 bits per heavy atom. The van der Waals surface area contributed by atoms with Crippen LogP contribution in [0.3, 0.4) is 0 Å². The predicted molar refractivity (Wildman–Crippen MR) is 62.6 cm³/mol. The summed E-state index contributed by atoms with van der Waals surface area (Å²) in [6.45, 7) is 5.08. The molecule has 0 spiro atoms. The molecular weight excluding hydrogens is 194 g/mol. The van der Waals surface area contributed by atoms with Crippen molar-refractivity contribution in [3.8, 4) is 0 Å². The van der Waals surface area contributed by atoms with Crippen LogP contribution in [0.5, 0.6) is 0 Å². The van der Waals surface area contributed by atoms with E-state index in [2.05, 4.69) is 28.5 Å². The summed E-state index contributed by atoms with van der Waals surface area (Å²) in [7, 11) is 0. The van der Waals surface area contributed by atoms with Gasteiger partial charge in [-0.3, -0.25) is 0 Å². The van der Waals surface area contributed by atoms with Crippen LogP contribution in [-0.2, 0) is 6.54 Å². The Morgan fingerprint density at radius 1 is 1.64 bits per heavy atom. The van der Waals surface area contributed by atoms with Gasteiger partial charge in [0.25, 0.3) is 0 Å².